The first-order valence-electron chi connectivity index (χ1n) is 9.49. The fourth-order valence-corrected chi connectivity index (χ4v) is 3.90. The van der Waals surface area contributed by atoms with Gasteiger partial charge >= 0.3 is 0 Å². The van der Waals surface area contributed by atoms with Gasteiger partial charge in [-0.25, -0.2) is 0 Å². The second-order valence-electron chi connectivity index (χ2n) is 6.97. The highest BCUT2D eigenvalue weighted by Crippen LogP contribution is 2.24. The van der Waals surface area contributed by atoms with Gasteiger partial charge < -0.3 is 14.4 Å². The molecule has 0 spiro atoms. The fraction of sp³-hybridized carbons (Fsp3) is 0.650. The number of ether oxygens (including phenoxy) is 2. The van der Waals surface area contributed by atoms with Crippen molar-refractivity contribution in [2.24, 2.45) is 0 Å². The summed E-state index contributed by atoms with van der Waals surface area (Å²) in [6.45, 7) is 5.65. The van der Waals surface area contributed by atoms with E-state index in [1.165, 1.54) is 6.42 Å². The molecular formula is C20H30N2O3. The quantitative estimate of drug-likeness (QED) is 0.793. The van der Waals surface area contributed by atoms with Gasteiger partial charge in [0, 0.05) is 37.8 Å². The van der Waals surface area contributed by atoms with Gasteiger partial charge in [0.2, 0.25) is 5.91 Å². The van der Waals surface area contributed by atoms with Crippen molar-refractivity contribution in [3.8, 4) is 5.75 Å². The Morgan fingerprint density at radius 2 is 2.00 bits per heavy atom. The summed E-state index contributed by atoms with van der Waals surface area (Å²) in [5.41, 5.74) is 0.979. The molecule has 5 nitrogen and oxygen atoms in total. The van der Waals surface area contributed by atoms with Crippen LogP contribution in [-0.2, 0) is 16.0 Å². The predicted octanol–water partition coefficient (Wildman–Crippen LogP) is 2.34. The SMILES string of the molecule is COc1ccccc1CC(=O)N1CCCC[C@H]1CCN1CCOCC1. The van der Waals surface area contributed by atoms with Crippen molar-refractivity contribution in [1.29, 1.82) is 0 Å². The van der Waals surface area contributed by atoms with Crippen molar-refractivity contribution >= 4 is 5.91 Å². The molecule has 2 fully saturated rings. The van der Waals surface area contributed by atoms with Gasteiger partial charge in [0.15, 0.2) is 0 Å². The number of piperidine rings is 1. The molecule has 5 heteroatoms. The van der Waals surface area contributed by atoms with Gasteiger partial charge in [0.1, 0.15) is 5.75 Å². The van der Waals surface area contributed by atoms with Crippen molar-refractivity contribution in [3.05, 3.63) is 29.8 Å². The highest BCUT2D eigenvalue weighted by molar-refractivity contribution is 5.80. The molecule has 138 valence electrons. The minimum atomic E-state index is 0.233. The van der Waals surface area contributed by atoms with Gasteiger partial charge in [0.25, 0.3) is 0 Å². The van der Waals surface area contributed by atoms with E-state index in [4.69, 9.17) is 9.47 Å². The van der Waals surface area contributed by atoms with Crippen LogP contribution in [0.4, 0.5) is 0 Å². The molecule has 2 saturated heterocycles. The second kappa shape index (κ2) is 9.20. The van der Waals surface area contributed by atoms with E-state index in [2.05, 4.69) is 9.80 Å². The molecule has 2 heterocycles. The number of benzene rings is 1. The summed E-state index contributed by atoms with van der Waals surface area (Å²) in [5.74, 6) is 1.04. The normalized spacial score (nSPS) is 22.0. The number of hydrogen-bond donors (Lipinski definition) is 0. The predicted molar refractivity (Wildman–Crippen MR) is 97.9 cm³/mol. The Kier molecular flexibility index (Phi) is 6.70. The van der Waals surface area contributed by atoms with Crippen molar-refractivity contribution < 1.29 is 14.3 Å². The van der Waals surface area contributed by atoms with Crippen LogP contribution >= 0.6 is 0 Å². The Bertz CT molecular complexity index is 558. The molecule has 2 aliphatic heterocycles. The summed E-state index contributed by atoms with van der Waals surface area (Å²) in [5, 5.41) is 0. The number of carbonyl (C=O) groups is 1. The van der Waals surface area contributed by atoms with Gasteiger partial charge in [-0.1, -0.05) is 18.2 Å². The van der Waals surface area contributed by atoms with Crippen LogP contribution < -0.4 is 4.74 Å². The summed E-state index contributed by atoms with van der Waals surface area (Å²) in [4.78, 5) is 17.5. The minimum absolute atomic E-state index is 0.233. The number of rotatable bonds is 6. The lowest BCUT2D eigenvalue weighted by molar-refractivity contribution is -0.134. The van der Waals surface area contributed by atoms with Gasteiger partial charge in [-0.3, -0.25) is 9.69 Å². The number of likely N-dealkylation sites (tertiary alicyclic amines) is 1. The molecule has 2 aliphatic rings. The molecular weight excluding hydrogens is 316 g/mol. The highest BCUT2D eigenvalue weighted by Gasteiger charge is 2.27. The first kappa shape index (κ1) is 18.2. The lowest BCUT2D eigenvalue weighted by atomic mass is 9.97. The largest absolute Gasteiger partial charge is 0.496 e. The third-order valence-electron chi connectivity index (χ3n) is 5.36. The molecule has 0 bridgehead atoms. The Morgan fingerprint density at radius 1 is 1.20 bits per heavy atom. The standard InChI is InChI=1S/C20H30N2O3/c1-24-19-8-3-2-6-17(19)16-20(23)22-10-5-4-7-18(22)9-11-21-12-14-25-15-13-21/h2-3,6,8,18H,4-5,7,9-16H2,1H3/t18-/m0/s1. The lowest BCUT2D eigenvalue weighted by Gasteiger charge is -2.37. The van der Waals surface area contributed by atoms with Crippen LogP contribution in [0.5, 0.6) is 5.75 Å². The summed E-state index contributed by atoms with van der Waals surface area (Å²) < 4.78 is 10.8. The number of nitrogens with zero attached hydrogens (tertiary/aromatic N) is 2. The van der Waals surface area contributed by atoms with Crippen molar-refractivity contribution in [3.63, 3.8) is 0 Å². The first-order valence-corrected chi connectivity index (χ1v) is 9.49. The van der Waals surface area contributed by atoms with Crippen LogP contribution in [0.3, 0.4) is 0 Å². The second-order valence-corrected chi connectivity index (χ2v) is 6.97. The molecule has 1 aromatic rings. The average Bonchev–Trinajstić information content (AvgIpc) is 2.68. The van der Waals surface area contributed by atoms with E-state index >= 15 is 0 Å². The van der Waals surface area contributed by atoms with Crippen LogP contribution in [0.25, 0.3) is 0 Å². The van der Waals surface area contributed by atoms with Crippen LogP contribution in [-0.4, -0.2) is 68.3 Å². The summed E-state index contributed by atoms with van der Waals surface area (Å²) in [7, 11) is 1.66. The van der Waals surface area contributed by atoms with Gasteiger partial charge in [-0.2, -0.15) is 0 Å². The van der Waals surface area contributed by atoms with Gasteiger partial charge in [0.05, 0.1) is 26.7 Å². The molecule has 0 N–H and O–H groups in total. The fourth-order valence-electron chi connectivity index (χ4n) is 3.90. The molecule has 0 aliphatic carbocycles. The number of methoxy groups -OCH3 is 1. The van der Waals surface area contributed by atoms with Crippen LogP contribution in [0.1, 0.15) is 31.2 Å². The molecule has 3 rings (SSSR count). The topological polar surface area (TPSA) is 42.0 Å². The minimum Gasteiger partial charge on any atom is -0.496 e. The third kappa shape index (κ3) is 4.95. The number of morpholine rings is 1. The van der Waals surface area contributed by atoms with Crippen LogP contribution in [0, 0.1) is 0 Å². The molecule has 1 atom stereocenters. The van der Waals surface area contributed by atoms with E-state index in [9.17, 15) is 4.79 Å². The number of hydrogen-bond acceptors (Lipinski definition) is 4. The maximum absolute atomic E-state index is 12.9. The maximum atomic E-state index is 12.9. The van der Waals surface area contributed by atoms with E-state index < -0.39 is 0 Å². The molecule has 1 aromatic carbocycles. The number of amides is 1. The van der Waals surface area contributed by atoms with E-state index in [1.807, 2.05) is 24.3 Å². The summed E-state index contributed by atoms with van der Waals surface area (Å²) in [6.07, 6.45) is 4.97. The maximum Gasteiger partial charge on any atom is 0.227 e. The molecule has 0 aromatic heterocycles. The Labute approximate surface area is 150 Å². The smallest absolute Gasteiger partial charge is 0.227 e. The average molecular weight is 346 g/mol. The Morgan fingerprint density at radius 3 is 2.80 bits per heavy atom. The highest BCUT2D eigenvalue weighted by atomic mass is 16.5. The molecule has 0 unspecified atom stereocenters. The van der Waals surface area contributed by atoms with E-state index in [0.29, 0.717) is 12.5 Å². The third-order valence-corrected chi connectivity index (χ3v) is 5.36. The van der Waals surface area contributed by atoms with Crippen LogP contribution in [0.15, 0.2) is 24.3 Å². The zero-order chi connectivity index (χ0) is 17.5. The molecule has 25 heavy (non-hydrogen) atoms. The molecule has 0 saturated carbocycles. The van der Waals surface area contributed by atoms with E-state index in [0.717, 1.165) is 70.0 Å². The zero-order valence-electron chi connectivity index (χ0n) is 15.3. The van der Waals surface area contributed by atoms with E-state index in [1.54, 1.807) is 7.11 Å². The van der Waals surface area contributed by atoms with Gasteiger partial charge in [-0.15, -0.1) is 0 Å². The van der Waals surface area contributed by atoms with Crippen molar-refractivity contribution in [1.82, 2.24) is 9.80 Å². The first-order chi connectivity index (χ1) is 12.3. The van der Waals surface area contributed by atoms with Gasteiger partial charge in [-0.05, 0) is 31.7 Å². The summed E-state index contributed by atoms with van der Waals surface area (Å²) >= 11 is 0. The summed E-state index contributed by atoms with van der Waals surface area (Å²) in [6, 6.07) is 8.20. The van der Waals surface area contributed by atoms with E-state index in [-0.39, 0.29) is 5.91 Å². The molecule has 0 radical (unpaired) electrons. The van der Waals surface area contributed by atoms with Crippen molar-refractivity contribution in [2.45, 2.75) is 38.1 Å². The number of para-hydroxylation sites is 1. The Hall–Kier alpha value is -1.59. The molecule has 1 amide bonds. The van der Waals surface area contributed by atoms with Crippen LogP contribution in [0.2, 0.25) is 0 Å². The Balaban J connectivity index is 1.58. The monoisotopic (exact) mass is 346 g/mol. The van der Waals surface area contributed by atoms with Crippen molar-refractivity contribution in [2.75, 3.05) is 46.5 Å². The number of carbonyl (C=O) groups excluding carboxylic acids is 1. The zero-order valence-corrected chi connectivity index (χ0v) is 15.3. The lowest BCUT2D eigenvalue weighted by Crippen LogP contribution is -2.46.